The first-order chi connectivity index (χ1) is 10.9. The summed E-state index contributed by atoms with van der Waals surface area (Å²) < 4.78 is 2.97. The Hall–Kier alpha value is -0.617. The Bertz CT molecular complexity index is 690. The Balaban J connectivity index is 0.00000104. The number of allylic oxidation sites excluding steroid dienone is 2. The molecule has 2 atom stereocenters. The quantitative estimate of drug-likeness (QED) is 0.633. The van der Waals surface area contributed by atoms with E-state index in [1.54, 1.807) is 11.1 Å². The molecule has 2 aliphatic carbocycles. The van der Waals surface area contributed by atoms with E-state index in [4.69, 9.17) is 0 Å². The standard InChI is InChI=1S/2C9H7.C3H7.2ClH.Zr/c2*1-2-5-9-7-3-6-8(9)4-1;1-3-2;;;/h2*1-7H;1,3H2,2H3;2*1H;/q;;;;;+2/p-2. The molecule has 0 radical (unpaired) electrons. The zero-order valence-corrected chi connectivity index (χ0v) is 17.7. The molecule has 0 saturated heterocycles. The summed E-state index contributed by atoms with van der Waals surface area (Å²) in [6.45, 7) is 2.36. The molecule has 2 aromatic rings. The van der Waals surface area contributed by atoms with Crippen molar-refractivity contribution in [3.63, 3.8) is 0 Å². The topological polar surface area (TPSA) is 0 Å². The molecule has 0 N–H and O–H groups in total. The van der Waals surface area contributed by atoms with E-state index in [-0.39, 0.29) is 24.8 Å². The number of fused-ring (bicyclic) bond motifs is 2. The third-order valence-electron chi connectivity index (χ3n) is 4.94. The van der Waals surface area contributed by atoms with Crippen molar-refractivity contribution in [1.29, 1.82) is 0 Å². The van der Waals surface area contributed by atoms with Gasteiger partial charge in [-0.25, -0.2) is 0 Å². The Kier molecular flexibility index (Phi) is 7.11. The third kappa shape index (κ3) is 3.50. The van der Waals surface area contributed by atoms with Gasteiger partial charge in [-0.3, -0.25) is 0 Å². The summed E-state index contributed by atoms with van der Waals surface area (Å²) in [6.07, 6.45) is 11.1. The Morgan fingerprint density at radius 1 is 0.750 bits per heavy atom. The number of halogens is 2. The molecule has 0 amide bonds. The van der Waals surface area contributed by atoms with Crippen molar-refractivity contribution in [2.24, 2.45) is 0 Å². The predicted molar refractivity (Wildman–Crippen MR) is 91.5 cm³/mol. The van der Waals surface area contributed by atoms with Crippen LogP contribution in [0.4, 0.5) is 0 Å². The van der Waals surface area contributed by atoms with Crippen LogP contribution in [0, 0.1) is 0 Å². The molecule has 0 spiro atoms. The van der Waals surface area contributed by atoms with Crippen molar-refractivity contribution in [3.05, 3.63) is 82.9 Å². The van der Waals surface area contributed by atoms with Crippen LogP contribution in [0.5, 0.6) is 0 Å². The van der Waals surface area contributed by atoms with E-state index in [1.165, 1.54) is 21.7 Å². The molecule has 0 saturated carbocycles. The number of hydrogen-bond acceptors (Lipinski definition) is 0. The van der Waals surface area contributed by atoms with Gasteiger partial charge in [-0.05, 0) is 0 Å². The van der Waals surface area contributed by atoms with Crippen molar-refractivity contribution in [2.45, 2.75) is 24.7 Å². The summed E-state index contributed by atoms with van der Waals surface area (Å²) in [5.41, 5.74) is 6.11. The maximum Gasteiger partial charge on any atom is -1.00 e. The van der Waals surface area contributed by atoms with Crippen LogP contribution < -0.4 is 24.8 Å². The average molecular weight is 436 g/mol. The average Bonchev–Trinajstić information content (AvgIpc) is 3.17. The fraction of sp³-hybridized carbons (Fsp3) is 0.238. The predicted octanol–water partition coefficient (Wildman–Crippen LogP) is -0.0229. The summed E-state index contributed by atoms with van der Waals surface area (Å²) in [4.78, 5) is 0. The summed E-state index contributed by atoms with van der Waals surface area (Å²) >= 11 is -1.67. The molecule has 0 heterocycles. The third-order valence-corrected chi connectivity index (χ3v) is 14.0. The Labute approximate surface area is 165 Å². The number of benzene rings is 2. The molecule has 2 aliphatic rings. The maximum atomic E-state index is 2.52. The first-order valence-electron chi connectivity index (χ1n) is 8.28. The molecule has 4 rings (SSSR count). The van der Waals surface area contributed by atoms with Crippen molar-refractivity contribution >= 4 is 12.2 Å². The second kappa shape index (κ2) is 8.66. The van der Waals surface area contributed by atoms with Gasteiger partial charge in [0.2, 0.25) is 0 Å². The van der Waals surface area contributed by atoms with E-state index in [9.17, 15) is 0 Å². The van der Waals surface area contributed by atoms with Crippen LogP contribution in [0.2, 0.25) is 4.13 Å². The van der Waals surface area contributed by atoms with Gasteiger partial charge < -0.3 is 24.8 Å². The van der Waals surface area contributed by atoms with Crippen molar-refractivity contribution in [1.82, 2.24) is 0 Å². The summed E-state index contributed by atoms with van der Waals surface area (Å²) in [7, 11) is 0. The zero-order valence-electron chi connectivity index (χ0n) is 13.8. The second-order valence-electron chi connectivity index (χ2n) is 6.26. The SMILES string of the molecule is CC[CH2][Zr+2]([CH]1C=Cc2ccccc21)[CH]1C=Cc2ccccc21.[Cl-].[Cl-]. The van der Waals surface area contributed by atoms with Crippen LogP contribution in [0.15, 0.2) is 60.7 Å². The molecule has 0 nitrogen and oxygen atoms in total. The summed E-state index contributed by atoms with van der Waals surface area (Å²) in [6, 6.07) is 18.0. The normalized spacial score (nSPS) is 19.2. The molecule has 2 aromatic carbocycles. The monoisotopic (exact) mass is 433 g/mol. The minimum Gasteiger partial charge on any atom is -1.00 e. The van der Waals surface area contributed by atoms with Crippen LogP contribution in [-0.4, -0.2) is 0 Å². The molecule has 3 heteroatoms. The van der Waals surface area contributed by atoms with Crippen molar-refractivity contribution in [2.75, 3.05) is 0 Å². The first kappa shape index (κ1) is 19.7. The van der Waals surface area contributed by atoms with Gasteiger partial charge in [0.1, 0.15) is 0 Å². The summed E-state index contributed by atoms with van der Waals surface area (Å²) in [5, 5.41) is 0. The van der Waals surface area contributed by atoms with E-state index in [2.05, 4.69) is 79.8 Å². The molecule has 0 bridgehead atoms. The largest absolute Gasteiger partial charge is 1.00 e. The fourth-order valence-electron chi connectivity index (χ4n) is 3.94. The minimum absolute atomic E-state index is 0. The van der Waals surface area contributed by atoms with Crippen LogP contribution in [0.3, 0.4) is 0 Å². The van der Waals surface area contributed by atoms with Crippen LogP contribution in [-0.2, 0) is 21.8 Å². The minimum atomic E-state index is -1.67. The molecular formula is C21H21Cl2Zr. The van der Waals surface area contributed by atoms with Gasteiger partial charge in [0.05, 0.1) is 0 Å². The van der Waals surface area contributed by atoms with Crippen LogP contribution in [0.1, 0.15) is 42.8 Å². The van der Waals surface area contributed by atoms with Gasteiger partial charge in [0, 0.05) is 0 Å². The van der Waals surface area contributed by atoms with Gasteiger partial charge in [0.15, 0.2) is 0 Å². The van der Waals surface area contributed by atoms with E-state index < -0.39 is 21.8 Å². The molecule has 2 unspecified atom stereocenters. The maximum absolute atomic E-state index is 2.52. The molecular weight excluding hydrogens is 414 g/mol. The summed E-state index contributed by atoms with van der Waals surface area (Å²) in [5.74, 6) is 0. The molecule has 123 valence electrons. The number of hydrogen-bond donors (Lipinski definition) is 0. The van der Waals surface area contributed by atoms with Gasteiger partial charge in [-0.15, -0.1) is 0 Å². The van der Waals surface area contributed by atoms with E-state index in [0.29, 0.717) is 0 Å². The Morgan fingerprint density at radius 2 is 1.21 bits per heavy atom. The fourth-order valence-corrected chi connectivity index (χ4v) is 12.8. The molecule has 0 aromatic heterocycles. The van der Waals surface area contributed by atoms with Gasteiger partial charge in [-0.1, -0.05) is 0 Å². The van der Waals surface area contributed by atoms with E-state index in [1.807, 2.05) is 0 Å². The van der Waals surface area contributed by atoms with Crippen molar-refractivity contribution in [3.8, 4) is 0 Å². The van der Waals surface area contributed by atoms with Gasteiger partial charge in [0.25, 0.3) is 0 Å². The van der Waals surface area contributed by atoms with Gasteiger partial charge in [-0.2, -0.15) is 0 Å². The van der Waals surface area contributed by atoms with Crippen LogP contribution in [0.25, 0.3) is 12.2 Å². The van der Waals surface area contributed by atoms with Crippen molar-refractivity contribution < 1.29 is 46.6 Å². The zero-order chi connectivity index (χ0) is 14.9. The smallest absolute Gasteiger partial charge is 1.00 e. The second-order valence-corrected chi connectivity index (χ2v) is 13.4. The first-order valence-corrected chi connectivity index (χ1v) is 12.9. The Morgan fingerprint density at radius 3 is 1.67 bits per heavy atom. The molecule has 0 fully saturated rings. The molecule has 24 heavy (non-hydrogen) atoms. The number of rotatable bonds is 4. The molecule has 0 aliphatic heterocycles. The van der Waals surface area contributed by atoms with E-state index in [0.717, 1.165) is 7.25 Å². The van der Waals surface area contributed by atoms with Gasteiger partial charge >= 0.3 is 142 Å². The van der Waals surface area contributed by atoms with E-state index >= 15 is 0 Å². The van der Waals surface area contributed by atoms with Crippen LogP contribution >= 0.6 is 0 Å².